The number of para-hydroxylation sites is 2. The largest absolute Gasteiger partial charge is 0.336 e. The molecule has 296 valence electrons. The first-order valence-electron chi connectivity index (χ1n) is 21.3. The van der Waals surface area contributed by atoms with Gasteiger partial charge in [0.15, 0.2) is 5.78 Å². The second-order valence-electron chi connectivity index (χ2n) is 18.2. The Morgan fingerprint density at radius 1 is 0.484 bits per heavy atom. The SMILES string of the molecule is CC1(C)c2ccccc2N2Cc3cc4c(cc3-c3ccc(C#N)cc3)C(=O)c3cc(-c5cncnc5)c(cc3-4)CN3c4ccccc4C(C)(C)c4ccc(cc43)-c3ccc1c2c3. The molecule has 0 radical (unpaired) electrons. The maximum absolute atomic E-state index is 14.9. The van der Waals surface area contributed by atoms with Gasteiger partial charge in [-0.15, -0.1) is 0 Å². The Balaban J connectivity index is 1.18. The summed E-state index contributed by atoms with van der Waals surface area (Å²) < 4.78 is 0. The number of carbonyl (C=O) groups is 1. The van der Waals surface area contributed by atoms with Gasteiger partial charge >= 0.3 is 0 Å². The monoisotopic (exact) mass is 799 g/mol. The zero-order valence-electron chi connectivity index (χ0n) is 35.0. The zero-order chi connectivity index (χ0) is 42.1. The smallest absolute Gasteiger partial charge is 0.194 e. The minimum atomic E-state index is -0.251. The van der Waals surface area contributed by atoms with Crippen LogP contribution < -0.4 is 9.80 Å². The van der Waals surface area contributed by atoms with E-state index in [0.717, 1.165) is 61.3 Å². The van der Waals surface area contributed by atoms with Crippen LogP contribution in [0.1, 0.15) is 82.6 Å². The van der Waals surface area contributed by atoms with Gasteiger partial charge in [-0.3, -0.25) is 4.79 Å². The number of carbonyl (C=O) groups excluding carboxylic acids is 1. The number of nitrogens with zero attached hydrogens (tertiary/aromatic N) is 5. The fraction of sp³-hybridized carbons (Fsp3) is 0.143. The molecule has 4 aliphatic rings. The van der Waals surface area contributed by atoms with Crippen molar-refractivity contribution in [3.8, 4) is 50.6 Å². The summed E-state index contributed by atoms with van der Waals surface area (Å²) in [6.07, 6.45) is 5.24. The summed E-state index contributed by atoms with van der Waals surface area (Å²) in [6, 6.07) is 50.3. The van der Waals surface area contributed by atoms with Gasteiger partial charge in [0.1, 0.15) is 6.33 Å². The van der Waals surface area contributed by atoms with Crippen molar-refractivity contribution >= 4 is 28.5 Å². The molecule has 8 bridgehead atoms. The highest BCUT2D eigenvalue weighted by Crippen LogP contribution is 2.54. The molecule has 3 aliphatic heterocycles. The molecule has 0 saturated heterocycles. The second kappa shape index (κ2) is 12.9. The van der Waals surface area contributed by atoms with Gasteiger partial charge in [-0.2, -0.15) is 5.26 Å². The van der Waals surface area contributed by atoms with Crippen molar-refractivity contribution in [3.63, 3.8) is 0 Å². The number of nitriles is 1. The lowest BCUT2D eigenvalue weighted by molar-refractivity contribution is 0.104. The Bertz CT molecular complexity index is 3280. The molecule has 0 saturated carbocycles. The molecule has 0 atom stereocenters. The molecule has 0 amide bonds. The number of ketones is 1. The molecule has 0 spiro atoms. The number of anilines is 4. The van der Waals surface area contributed by atoms with E-state index in [4.69, 9.17) is 0 Å². The Hall–Kier alpha value is -7.62. The standard InChI is InChI=1S/C56H41N5O/c1-55(2)46-9-5-7-11-50(46)60-30-37-21-42-43-22-38(41(39-28-58-32-59-29-39)26-45(43)54(62)44(42)25-40(37)34-15-13-33(27-57)14-16-34)31-61-51-12-8-6-10-47(51)56(3,4)49-20-18-36(24-53(49)61)35-17-19-48(55)52(60)23-35/h5-26,28-29,32H,30-31H2,1-4H3. The predicted octanol–water partition coefficient (Wildman–Crippen LogP) is 12.8. The summed E-state index contributed by atoms with van der Waals surface area (Å²) in [5.74, 6) is -0.000814. The lowest BCUT2D eigenvalue weighted by Crippen LogP contribution is -2.33. The second-order valence-corrected chi connectivity index (χ2v) is 18.2. The van der Waals surface area contributed by atoms with Crippen molar-refractivity contribution in [2.75, 3.05) is 9.80 Å². The third kappa shape index (κ3) is 5.12. The summed E-state index contributed by atoms with van der Waals surface area (Å²) in [6.45, 7) is 10.4. The number of fused-ring (bicyclic) bond motifs is 9. The maximum Gasteiger partial charge on any atom is 0.194 e. The van der Waals surface area contributed by atoms with Gasteiger partial charge in [0, 0.05) is 75.8 Å². The lowest BCUT2D eigenvalue weighted by atomic mass is 9.72. The van der Waals surface area contributed by atoms with Crippen LogP contribution in [0.15, 0.2) is 152 Å². The molecule has 8 aromatic rings. The number of hydrogen-bond acceptors (Lipinski definition) is 6. The summed E-state index contributed by atoms with van der Waals surface area (Å²) in [5, 5.41) is 9.72. The van der Waals surface area contributed by atoms with Crippen LogP contribution in [0.25, 0.3) is 44.5 Å². The Morgan fingerprint density at radius 2 is 0.935 bits per heavy atom. The molecule has 1 aliphatic carbocycles. The van der Waals surface area contributed by atoms with Gasteiger partial charge < -0.3 is 9.80 Å². The van der Waals surface area contributed by atoms with E-state index < -0.39 is 0 Å². The Kier molecular flexibility index (Phi) is 7.57. The van der Waals surface area contributed by atoms with E-state index in [1.54, 1.807) is 6.33 Å². The third-order valence-corrected chi connectivity index (χ3v) is 14.1. The molecule has 12 rings (SSSR count). The van der Waals surface area contributed by atoms with E-state index in [9.17, 15) is 10.1 Å². The molecule has 0 N–H and O–H groups in total. The molecule has 1 aromatic heterocycles. The van der Waals surface area contributed by atoms with Gasteiger partial charge in [0.05, 0.1) is 11.6 Å². The van der Waals surface area contributed by atoms with E-state index in [-0.39, 0.29) is 16.6 Å². The number of benzene rings is 7. The molecule has 7 aromatic carbocycles. The van der Waals surface area contributed by atoms with Crippen LogP contribution >= 0.6 is 0 Å². The Morgan fingerprint density at radius 3 is 1.44 bits per heavy atom. The quantitative estimate of drug-likeness (QED) is 0.173. The minimum Gasteiger partial charge on any atom is -0.336 e. The van der Waals surface area contributed by atoms with E-state index in [2.05, 4.69) is 163 Å². The van der Waals surface area contributed by atoms with Crippen molar-refractivity contribution in [2.45, 2.75) is 51.6 Å². The first-order chi connectivity index (χ1) is 30.1. The first kappa shape index (κ1) is 36.2. The molecule has 4 heterocycles. The summed E-state index contributed by atoms with van der Waals surface area (Å²) >= 11 is 0. The molecule has 62 heavy (non-hydrogen) atoms. The molecular formula is C56H41N5O. The van der Waals surface area contributed by atoms with Crippen LogP contribution in [0.3, 0.4) is 0 Å². The topological polar surface area (TPSA) is 73.1 Å². The fourth-order valence-electron chi connectivity index (χ4n) is 10.8. The number of rotatable bonds is 2. The maximum atomic E-state index is 14.9. The molecule has 0 fully saturated rings. The van der Waals surface area contributed by atoms with Crippen molar-refractivity contribution in [1.82, 2.24) is 9.97 Å². The average Bonchev–Trinajstić information content (AvgIpc) is 3.57. The van der Waals surface area contributed by atoms with Crippen molar-refractivity contribution in [3.05, 3.63) is 202 Å². The van der Waals surface area contributed by atoms with Crippen LogP contribution in [0.2, 0.25) is 0 Å². The van der Waals surface area contributed by atoms with Crippen LogP contribution in [0.5, 0.6) is 0 Å². The third-order valence-electron chi connectivity index (χ3n) is 14.1. The normalized spacial score (nSPS) is 15.5. The van der Waals surface area contributed by atoms with Gasteiger partial charge in [-0.25, -0.2) is 9.97 Å². The van der Waals surface area contributed by atoms with Gasteiger partial charge in [0.25, 0.3) is 0 Å². The predicted molar refractivity (Wildman–Crippen MR) is 247 cm³/mol. The molecular weight excluding hydrogens is 759 g/mol. The summed E-state index contributed by atoms with van der Waals surface area (Å²) in [5.41, 5.74) is 21.2. The highest BCUT2D eigenvalue weighted by Gasteiger charge is 2.40. The van der Waals surface area contributed by atoms with Gasteiger partial charge in [-0.1, -0.05) is 100 Å². The Labute approximate surface area is 361 Å². The molecule has 6 nitrogen and oxygen atoms in total. The van der Waals surface area contributed by atoms with E-state index in [0.29, 0.717) is 29.8 Å². The fourth-order valence-corrected chi connectivity index (χ4v) is 10.8. The van der Waals surface area contributed by atoms with E-state index in [1.807, 2.05) is 36.7 Å². The highest BCUT2D eigenvalue weighted by molar-refractivity contribution is 6.23. The zero-order valence-corrected chi connectivity index (χ0v) is 35.0. The summed E-state index contributed by atoms with van der Waals surface area (Å²) in [7, 11) is 0. The van der Waals surface area contributed by atoms with Crippen molar-refractivity contribution < 1.29 is 4.79 Å². The van der Waals surface area contributed by atoms with Crippen LogP contribution in [0, 0.1) is 11.3 Å². The van der Waals surface area contributed by atoms with Gasteiger partial charge in [-0.05, 0) is 133 Å². The lowest BCUT2D eigenvalue weighted by Gasteiger charge is -2.43. The van der Waals surface area contributed by atoms with Crippen LogP contribution in [0.4, 0.5) is 22.7 Å². The van der Waals surface area contributed by atoms with Gasteiger partial charge in [0.2, 0.25) is 0 Å². The number of hydrogen-bond donors (Lipinski definition) is 0. The average molecular weight is 800 g/mol. The first-order valence-corrected chi connectivity index (χ1v) is 21.3. The van der Waals surface area contributed by atoms with Crippen molar-refractivity contribution in [1.29, 1.82) is 5.26 Å². The van der Waals surface area contributed by atoms with E-state index >= 15 is 0 Å². The summed E-state index contributed by atoms with van der Waals surface area (Å²) in [4.78, 5) is 28.7. The van der Waals surface area contributed by atoms with Crippen LogP contribution in [-0.4, -0.2) is 15.8 Å². The molecule has 0 unspecified atom stereocenters. The number of aromatic nitrogens is 2. The minimum absolute atomic E-state index is 0.000814. The van der Waals surface area contributed by atoms with Crippen molar-refractivity contribution in [2.24, 2.45) is 0 Å². The van der Waals surface area contributed by atoms with Crippen LogP contribution in [-0.2, 0) is 23.9 Å². The molecule has 6 heteroatoms. The van der Waals surface area contributed by atoms with E-state index in [1.165, 1.54) is 39.3 Å². The highest BCUT2D eigenvalue weighted by atomic mass is 16.1.